The Morgan fingerprint density at radius 1 is 1.03 bits per heavy atom. The van der Waals surface area contributed by atoms with Crippen molar-refractivity contribution in [2.75, 3.05) is 36.8 Å². The van der Waals surface area contributed by atoms with E-state index in [1.165, 1.54) is 17.8 Å². The van der Waals surface area contributed by atoms with Crippen molar-refractivity contribution >= 4 is 23.4 Å². The Hall–Kier alpha value is -3.07. The number of aromatic nitrogens is 2. The number of amides is 1. The van der Waals surface area contributed by atoms with Crippen LogP contribution >= 0.6 is 11.8 Å². The van der Waals surface area contributed by atoms with Gasteiger partial charge in [0.25, 0.3) is 11.1 Å². The highest BCUT2D eigenvalue weighted by atomic mass is 32.2. The summed E-state index contributed by atoms with van der Waals surface area (Å²) in [4.78, 5) is 16.2. The second-order valence-corrected chi connectivity index (χ2v) is 7.60. The lowest BCUT2D eigenvalue weighted by Crippen LogP contribution is -2.49. The van der Waals surface area contributed by atoms with Gasteiger partial charge in [0.2, 0.25) is 5.91 Å². The zero-order valence-electron chi connectivity index (χ0n) is 16.2. The molecule has 0 radical (unpaired) electrons. The van der Waals surface area contributed by atoms with Crippen LogP contribution in [0.4, 0.5) is 10.1 Å². The van der Waals surface area contributed by atoms with Crippen LogP contribution in [0, 0.1) is 5.82 Å². The molecule has 0 unspecified atom stereocenters. The molecule has 0 aliphatic carbocycles. The van der Waals surface area contributed by atoms with E-state index >= 15 is 0 Å². The van der Waals surface area contributed by atoms with Gasteiger partial charge in [-0.3, -0.25) is 4.79 Å². The average molecular weight is 428 g/mol. The van der Waals surface area contributed by atoms with E-state index in [-0.39, 0.29) is 24.1 Å². The number of ether oxygens (including phenoxy) is 1. The fourth-order valence-corrected chi connectivity index (χ4v) is 3.82. The van der Waals surface area contributed by atoms with Gasteiger partial charge in [0.1, 0.15) is 11.6 Å². The number of rotatable bonds is 7. The molecule has 2 aromatic carbocycles. The molecular weight excluding hydrogens is 407 g/mol. The molecule has 3 aromatic rings. The van der Waals surface area contributed by atoms with Crippen molar-refractivity contribution in [2.24, 2.45) is 0 Å². The number of hydrogen-bond acceptors (Lipinski definition) is 7. The van der Waals surface area contributed by atoms with Crippen LogP contribution in [0.3, 0.4) is 0 Å². The Bertz CT molecular complexity index is 977. The first-order valence-corrected chi connectivity index (χ1v) is 10.6. The third-order valence-electron chi connectivity index (χ3n) is 4.70. The summed E-state index contributed by atoms with van der Waals surface area (Å²) in [5.41, 5.74) is 0.579. The van der Waals surface area contributed by atoms with Crippen molar-refractivity contribution in [2.45, 2.75) is 11.8 Å². The first kappa shape index (κ1) is 20.2. The molecule has 7 nitrogen and oxygen atoms in total. The molecule has 2 heterocycles. The van der Waals surface area contributed by atoms with Gasteiger partial charge in [0, 0.05) is 26.2 Å². The second-order valence-electron chi connectivity index (χ2n) is 6.67. The van der Waals surface area contributed by atoms with Crippen molar-refractivity contribution in [3.8, 4) is 5.75 Å². The number of para-hydroxylation sites is 2. The lowest BCUT2D eigenvalue weighted by Gasteiger charge is -2.36. The predicted molar refractivity (Wildman–Crippen MR) is 111 cm³/mol. The van der Waals surface area contributed by atoms with E-state index in [0.29, 0.717) is 43.0 Å². The van der Waals surface area contributed by atoms with Gasteiger partial charge in [-0.25, -0.2) is 4.39 Å². The molecule has 1 aromatic heterocycles. The van der Waals surface area contributed by atoms with E-state index in [0.717, 1.165) is 5.75 Å². The topological polar surface area (TPSA) is 71.7 Å². The number of nitrogens with zero attached hydrogens (tertiary/aromatic N) is 4. The van der Waals surface area contributed by atoms with Gasteiger partial charge >= 0.3 is 0 Å². The van der Waals surface area contributed by atoms with Gasteiger partial charge < -0.3 is 19.0 Å². The molecule has 156 valence electrons. The number of halogens is 1. The normalized spacial score (nSPS) is 14.0. The zero-order chi connectivity index (χ0) is 20.8. The Morgan fingerprint density at radius 3 is 2.53 bits per heavy atom. The molecule has 0 atom stereocenters. The molecule has 1 aliphatic heterocycles. The SMILES string of the molecule is O=C(CSc1nnc(COc2ccccc2)o1)N1CCN(c2ccccc2F)CC1. The largest absolute Gasteiger partial charge is 0.484 e. The van der Waals surface area contributed by atoms with Gasteiger partial charge in [-0.15, -0.1) is 10.2 Å². The fourth-order valence-electron chi connectivity index (χ4n) is 3.14. The summed E-state index contributed by atoms with van der Waals surface area (Å²) in [5, 5.41) is 8.23. The number of carbonyl (C=O) groups is 1. The maximum Gasteiger partial charge on any atom is 0.277 e. The van der Waals surface area contributed by atoms with E-state index in [2.05, 4.69) is 10.2 Å². The molecule has 9 heteroatoms. The Labute approximate surface area is 177 Å². The molecule has 0 spiro atoms. The van der Waals surface area contributed by atoms with Gasteiger partial charge in [-0.1, -0.05) is 42.1 Å². The molecule has 1 amide bonds. The summed E-state index contributed by atoms with van der Waals surface area (Å²) in [7, 11) is 0. The van der Waals surface area contributed by atoms with E-state index in [1.807, 2.05) is 41.3 Å². The molecule has 0 bridgehead atoms. The molecule has 0 saturated carbocycles. The second kappa shape index (κ2) is 9.62. The van der Waals surface area contributed by atoms with Gasteiger partial charge in [0.05, 0.1) is 11.4 Å². The molecule has 4 rings (SSSR count). The number of benzene rings is 2. The number of piperazine rings is 1. The van der Waals surface area contributed by atoms with E-state index in [9.17, 15) is 9.18 Å². The standard InChI is InChI=1S/C21H21FN4O3S/c22-17-8-4-5-9-18(17)25-10-12-26(13-11-25)20(27)15-30-21-24-23-19(29-21)14-28-16-6-2-1-3-7-16/h1-9H,10-15H2. The van der Waals surface area contributed by atoms with Gasteiger partial charge in [-0.2, -0.15) is 0 Å². The maximum absolute atomic E-state index is 13.9. The first-order valence-electron chi connectivity index (χ1n) is 9.59. The van der Waals surface area contributed by atoms with Crippen molar-refractivity contribution in [1.29, 1.82) is 0 Å². The Balaban J connectivity index is 1.22. The van der Waals surface area contributed by atoms with Crippen LogP contribution in [-0.2, 0) is 11.4 Å². The first-order chi connectivity index (χ1) is 14.7. The summed E-state index contributed by atoms with van der Waals surface area (Å²) >= 11 is 1.20. The van der Waals surface area contributed by atoms with Crippen LogP contribution < -0.4 is 9.64 Å². The maximum atomic E-state index is 13.9. The smallest absolute Gasteiger partial charge is 0.277 e. The van der Waals surface area contributed by atoms with Gasteiger partial charge in [0.15, 0.2) is 6.61 Å². The molecule has 30 heavy (non-hydrogen) atoms. The van der Waals surface area contributed by atoms with Crippen LogP contribution in [0.5, 0.6) is 5.75 Å². The highest BCUT2D eigenvalue weighted by Gasteiger charge is 2.23. The minimum absolute atomic E-state index is 0.00605. The zero-order valence-corrected chi connectivity index (χ0v) is 17.1. The Kier molecular flexibility index (Phi) is 6.48. The van der Waals surface area contributed by atoms with Crippen LogP contribution in [0.25, 0.3) is 0 Å². The number of hydrogen-bond donors (Lipinski definition) is 0. The molecule has 0 N–H and O–H groups in total. The highest BCUT2D eigenvalue weighted by Crippen LogP contribution is 2.22. The average Bonchev–Trinajstić information content (AvgIpc) is 3.25. The number of thioether (sulfide) groups is 1. The van der Waals surface area contributed by atoms with Crippen LogP contribution in [0.1, 0.15) is 5.89 Å². The number of anilines is 1. The quantitative estimate of drug-likeness (QED) is 0.535. The van der Waals surface area contributed by atoms with Crippen LogP contribution in [0.15, 0.2) is 64.2 Å². The summed E-state index contributed by atoms with van der Waals surface area (Å²) in [6, 6.07) is 16.1. The van der Waals surface area contributed by atoms with Crippen LogP contribution in [-0.4, -0.2) is 52.9 Å². The molecule has 1 aliphatic rings. The number of carbonyl (C=O) groups excluding carboxylic acids is 1. The summed E-state index contributed by atoms with van der Waals surface area (Å²) < 4.78 is 25.0. The monoisotopic (exact) mass is 428 g/mol. The van der Waals surface area contributed by atoms with E-state index < -0.39 is 0 Å². The van der Waals surface area contributed by atoms with E-state index in [4.69, 9.17) is 9.15 Å². The lowest BCUT2D eigenvalue weighted by molar-refractivity contribution is -0.128. The third kappa shape index (κ3) is 5.10. The molecular formula is C21H21FN4O3S. The summed E-state index contributed by atoms with van der Waals surface area (Å²) in [6.07, 6.45) is 0. The van der Waals surface area contributed by atoms with Crippen molar-refractivity contribution in [3.05, 3.63) is 66.3 Å². The minimum atomic E-state index is -0.240. The van der Waals surface area contributed by atoms with Crippen molar-refractivity contribution in [1.82, 2.24) is 15.1 Å². The fraction of sp³-hybridized carbons (Fsp3) is 0.286. The molecule has 1 saturated heterocycles. The van der Waals surface area contributed by atoms with Crippen LogP contribution in [0.2, 0.25) is 0 Å². The molecule has 1 fully saturated rings. The van der Waals surface area contributed by atoms with Gasteiger partial charge in [-0.05, 0) is 24.3 Å². The summed E-state index contributed by atoms with van der Waals surface area (Å²) in [6.45, 7) is 2.46. The third-order valence-corrected chi connectivity index (χ3v) is 5.50. The minimum Gasteiger partial charge on any atom is -0.484 e. The van der Waals surface area contributed by atoms with Crippen molar-refractivity contribution < 1.29 is 18.3 Å². The van der Waals surface area contributed by atoms with Crippen molar-refractivity contribution in [3.63, 3.8) is 0 Å². The van der Waals surface area contributed by atoms with E-state index in [1.54, 1.807) is 17.0 Å². The predicted octanol–water partition coefficient (Wildman–Crippen LogP) is 3.23. The lowest BCUT2D eigenvalue weighted by atomic mass is 10.2. The highest BCUT2D eigenvalue weighted by molar-refractivity contribution is 7.99. The summed E-state index contributed by atoms with van der Waals surface area (Å²) in [5.74, 6) is 1.03. The Morgan fingerprint density at radius 2 is 1.77 bits per heavy atom.